The molecule has 1 aliphatic heterocycles. The van der Waals surface area contributed by atoms with Gasteiger partial charge in [-0.2, -0.15) is 10.2 Å². The highest BCUT2D eigenvalue weighted by molar-refractivity contribution is 5.88. The van der Waals surface area contributed by atoms with Gasteiger partial charge in [0.15, 0.2) is 0 Å². The number of benzene rings is 2. The minimum Gasteiger partial charge on any atom is -0.263 e. The molecule has 2 aromatic carbocycles. The van der Waals surface area contributed by atoms with Crippen molar-refractivity contribution in [3.05, 3.63) is 60.7 Å². The molecule has 1 aliphatic rings. The first kappa shape index (κ1) is 21.2. The van der Waals surface area contributed by atoms with Gasteiger partial charge in [0, 0.05) is 6.42 Å². The second kappa shape index (κ2) is 12.2. The van der Waals surface area contributed by atoms with Gasteiger partial charge in [0.1, 0.15) is 5.84 Å². The van der Waals surface area contributed by atoms with E-state index in [0.717, 1.165) is 23.6 Å². The molecule has 2 aromatic rings. The molecule has 0 fully saturated rings. The van der Waals surface area contributed by atoms with Crippen LogP contribution in [0.5, 0.6) is 0 Å². The van der Waals surface area contributed by atoms with Gasteiger partial charge in [0.25, 0.3) is 0 Å². The van der Waals surface area contributed by atoms with Crippen molar-refractivity contribution in [2.75, 3.05) is 10.2 Å². The van der Waals surface area contributed by atoms with Crippen molar-refractivity contribution in [2.45, 2.75) is 77.6 Å². The zero-order valence-corrected chi connectivity index (χ0v) is 17.9. The number of nitrogens with one attached hydrogen (secondary N) is 1. The number of hydrazone groups is 1. The van der Waals surface area contributed by atoms with Crippen LogP contribution in [0.4, 0.5) is 11.4 Å². The summed E-state index contributed by atoms with van der Waals surface area (Å²) in [7, 11) is 0. The topological polar surface area (TPSA) is 30.9 Å². The van der Waals surface area contributed by atoms with E-state index in [0.29, 0.717) is 0 Å². The Morgan fingerprint density at radius 3 is 1.76 bits per heavy atom. The van der Waals surface area contributed by atoms with E-state index in [1.807, 2.05) is 34.5 Å². The Bertz CT molecular complexity index is 714. The number of anilines is 2. The fraction of sp³-hybridized carbons (Fsp3) is 0.480. The van der Waals surface area contributed by atoms with Crippen molar-refractivity contribution in [3.8, 4) is 0 Å². The van der Waals surface area contributed by atoms with Crippen molar-refractivity contribution in [3.63, 3.8) is 0 Å². The summed E-state index contributed by atoms with van der Waals surface area (Å²) in [5.74, 6) is 1.04. The minimum absolute atomic E-state index is 0.989. The molecule has 0 spiro atoms. The van der Waals surface area contributed by atoms with E-state index < -0.39 is 0 Å². The molecule has 0 saturated carbocycles. The van der Waals surface area contributed by atoms with E-state index in [4.69, 9.17) is 5.10 Å². The first-order valence-corrected chi connectivity index (χ1v) is 11.4. The zero-order valence-electron chi connectivity index (χ0n) is 17.9. The molecule has 3 rings (SSSR count). The third-order valence-corrected chi connectivity index (χ3v) is 5.39. The Labute approximate surface area is 176 Å². The van der Waals surface area contributed by atoms with Gasteiger partial charge in [0.2, 0.25) is 0 Å². The summed E-state index contributed by atoms with van der Waals surface area (Å²) in [6.45, 7) is 2.28. The molecule has 1 N–H and O–H groups in total. The SMILES string of the molecule is CCCCCCCCCCCCC1=NN(c2ccccc2)N(c2ccccc2)N1. The molecular weight excluding hydrogens is 356 g/mol. The van der Waals surface area contributed by atoms with Gasteiger partial charge in [0.05, 0.1) is 11.4 Å². The van der Waals surface area contributed by atoms with Crippen molar-refractivity contribution in [2.24, 2.45) is 5.10 Å². The maximum Gasteiger partial charge on any atom is 0.145 e. The van der Waals surface area contributed by atoms with Gasteiger partial charge in [-0.25, -0.2) is 0 Å². The van der Waals surface area contributed by atoms with E-state index in [-0.39, 0.29) is 0 Å². The summed E-state index contributed by atoms with van der Waals surface area (Å²) in [5, 5.41) is 8.84. The van der Waals surface area contributed by atoms with Crippen LogP contribution in [-0.4, -0.2) is 5.84 Å². The van der Waals surface area contributed by atoms with Crippen LogP contribution in [0.15, 0.2) is 65.8 Å². The molecule has 29 heavy (non-hydrogen) atoms. The lowest BCUT2D eigenvalue weighted by atomic mass is 10.1. The minimum atomic E-state index is 0.989. The van der Waals surface area contributed by atoms with Crippen LogP contribution >= 0.6 is 0 Å². The molecule has 0 atom stereocenters. The summed E-state index contributed by atoms with van der Waals surface area (Å²) in [6, 6.07) is 20.7. The van der Waals surface area contributed by atoms with Gasteiger partial charge >= 0.3 is 0 Å². The lowest BCUT2D eigenvalue weighted by Gasteiger charge is -2.27. The molecule has 0 radical (unpaired) electrons. The summed E-state index contributed by atoms with van der Waals surface area (Å²) in [5.41, 5.74) is 5.63. The Morgan fingerprint density at radius 2 is 1.17 bits per heavy atom. The molecule has 4 nitrogen and oxygen atoms in total. The lowest BCUT2D eigenvalue weighted by Crippen LogP contribution is -2.44. The number of nitrogens with zero attached hydrogens (tertiary/aromatic N) is 3. The van der Waals surface area contributed by atoms with Crippen LogP contribution in [0.3, 0.4) is 0 Å². The van der Waals surface area contributed by atoms with Crippen LogP contribution in [0.1, 0.15) is 77.6 Å². The largest absolute Gasteiger partial charge is 0.263 e. The Kier molecular flexibility index (Phi) is 8.89. The lowest BCUT2D eigenvalue weighted by molar-refractivity contribution is 0.558. The van der Waals surface area contributed by atoms with Gasteiger partial charge in [-0.3, -0.25) is 5.43 Å². The van der Waals surface area contributed by atoms with Crippen LogP contribution < -0.4 is 15.7 Å². The third kappa shape index (κ3) is 6.81. The molecule has 0 unspecified atom stereocenters. The molecule has 0 aromatic heterocycles. The van der Waals surface area contributed by atoms with Gasteiger partial charge in [-0.15, -0.1) is 5.10 Å². The molecule has 156 valence electrons. The summed E-state index contributed by atoms with van der Waals surface area (Å²) >= 11 is 0. The van der Waals surface area contributed by atoms with E-state index >= 15 is 0 Å². The maximum atomic E-state index is 4.86. The predicted octanol–water partition coefficient (Wildman–Crippen LogP) is 7.06. The van der Waals surface area contributed by atoms with Crippen LogP contribution in [0.2, 0.25) is 0 Å². The molecule has 1 heterocycles. The first-order valence-electron chi connectivity index (χ1n) is 11.4. The van der Waals surface area contributed by atoms with Crippen LogP contribution in [0, 0.1) is 0 Å². The highest BCUT2D eigenvalue weighted by Crippen LogP contribution is 2.25. The van der Waals surface area contributed by atoms with Gasteiger partial charge in [-0.05, 0) is 30.7 Å². The van der Waals surface area contributed by atoms with E-state index in [1.54, 1.807) is 0 Å². The maximum absolute atomic E-state index is 4.86. The molecule has 0 amide bonds. The summed E-state index contributed by atoms with van der Waals surface area (Å²) in [4.78, 5) is 0. The van der Waals surface area contributed by atoms with Gasteiger partial charge < -0.3 is 0 Å². The zero-order chi connectivity index (χ0) is 20.2. The fourth-order valence-corrected chi connectivity index (χ4v) is 3.71. The predicted molar refractivity (Wildman–Crippen MR) is 125 cm³/mol. The number of hydrazine groups is 2. The van der Waals surface area contributed by atoms with Crippen molar-refractivity contribution in [1.82, 2.24) is 5.43 Å². The number of amidine groups is 1. The molecule has 4 heteroatoms. The monoisotopic (exact) mass is 392 g/mol. The van der Waals surface area contributed by atoms with Crippen LogP contribution in [0.25, 0.3) is 0 Å². The third-order valence-electron chi connectivity index (χ3n) is 5.39. The average molecular weight is 393 g/mol. The summed E-state index contributed by atoms with van der Waals surface area (Å²) < 4.78 is 0. The Hall–Kier alpha value is -2.49. The van der Waals surface area contributed by atoms with Crippen molar-refractivity contribution < 1.29 is 0 Å². The molecular formula is C25H36N4. The number of rotatable bonds is 13. The Balaban J connectivity index is 1.44. The number of unbranched alkanes of at least 4 members (excludes halogenated alkanes) is 9. The number of hydrogen-bond donors (Lipinski definition) is 1. The highest BCUT2D eigenvalue weighted by Gasteiger charge is 2.24. The van der Waals surface area contributed by atoms with Crippen molar-refractivity contribution in [1.29, 1.82) is 0 Å². The second-order valence-corrected chi connectivity index (χ2v) is 7.86. The average Bonchev–Trinajstić information content (AvgIpc) is 3.20. The standard InChI is InChI=1S/C25H36N4/c1-2-3-4-5-6-7-8-9-10-17-22-25-26-28(23-18-13-11-14-19-23)29(27-25)24-20-15-12-16-21-24/h11-16,18-21H,2-10,17,22H2,1H3,(H,26,27). The molecule has 0 aliphatic carbocycles. The first-order chi connectivity index (χ1) is 14.4. The number of para-hydroxylation sites is 2. The second-order valence-electron chi connectivity index (χ2n) is 7.86. The van der Waals surface area contributed by atoms with Crippen LogP contribution in [-0.2, 0) is 0 Å². The van der Waals surface area contributed by atoms with Gasteiger partial charge in [-0.1, -0.05) is 101 Å². The molecule has 0 bridgehead atoms. The smallest absolute Gasteiger partial charge is 0.145 e. The van der Waals surface area contributed by atoms with E-state index in [9.17, 15) is 0 Å². The van der Waals surface area contributed by atoms with Crippen molar-refractivity contribution >= 4 is 17.2 Å². The fourth-order valence-electron chi connectivity index (χ4n) is 3.71. The highest BCUT2D eigenvalue weighted by atomic mass is 15.9. The van der Waals surface area contributed by atoms with E-state index in [1.165, 1.54) is 64.2 Å². The normalized spacial score (nSPS) is 13.5. The van der Waals surface area contributed by atoms with E-state index in [2.05, 4.69) is 48.7 Å². The molecule has 0 saturated heterocycles. The quantitative estimate of drug-likeness (QED) is 0.370. The number of hydrogen-bond acceptors (Lipinski definition) is 4. The Morgan fingerprint density at radius 1 is 0.655 bits per heavy atom. The summed E-state index contributed by atoms with van der Waals surface area (Å²) in [6.07, 6.45) is 14.5.